The Morgan fingerprint density at radius 1 is 0.257 bits per heavy atom. The Morgan fingerprint density at radius 2 is 0.743 bits per heavy atom. The van der Waals surface area contributed by atoms with E-state index in [1.807, 2.05) is 12.1 Å². The predicted octanol–water partition coefficient (Wildman–Crippen LogP) is 15.2. The molecule has 13 rings (SSSR count). The highest BCUT2D eigenvalue weighted by Gasteiger charge is 2.49. The number of furan rings is 1. The first kappa shape index (κ1) is 41.2. The summed E-state index contributed by atoms with van der Waals surface area (Å²) in [6.07, 6.45) is 0. The van der Waals surface area contributed by atoms with Crippen molar-refractivity contribution in [3.05, 3.63) is 279 Å². The molecule has 0 unspecified atom stereocenters. The van der Waals surface area contributed by atoms with Gasteiger partial charge in [0.2, 0.25) is 0 Å². The lowest BCUT2D eigenvalue weighted by Gasteiger charge is -2.32. The number of nitrogens with zero attached hydrogens (tertiary/aromatic N) is 2. The van der Waals surface area contributed by atoms with Gasteiger partial charge in [-0.05, 0) is 145 Å². The number of para-hydroxylation sites is 4. The number of fused-ring (bicyclic) bond motifs is 6. The summed E-state index contributed by atoms with van der Waals surface area (Å²) >= 11 is 0. The standard InChI is InChI=1S/C66H46N2OSi/c1-7-21-47(22-8-1)49-41-50(43-56(42-49)68(53-27-13-4-14-28-53)54-36-39-64-61(45-54)59-33-19-20-34-63(59)69-64)48-35-38-60-62-46-55(67(51-23-9-2-10-24-51)52-25-11-3-12-26-52)37-40-65(62)70(66(60)44-48,57-29-15-5-16-30-57)58-31-17-6-18-32-58/h1-46H. The summed E-state index contributed by atoms with van der Waals surface area (Å²) in [6, 6.07) is 102. The molecule has 0 N–H and O–H groups in total. The van der Waals surface area contributed by atoms with Crippen LogP contribution in [0.5, 0.6) is 0 Å². The average Bonchev–Trinajstić information content (AvgIpc) is 3.95. The van der Waals surface area contributed by atoms with E-state index in [9.17, 15) is 0 Å². The SMILES string of the molecule is c1ccc(-c2cc(-c3ccc4c(c3)[Si](c3ccccc3)(c3ccccc3)c3ccc(N(c5ccccc5)c5ccccc5)cc3-4)cc(N(c3ccccc3)c3ccc4oc5ccccc5c4c3)c2)cc1. The second kappa shape index (κ2) is 17.3. The van der Waals surface area contributed by atoms with Crippen molar-refractivity contribution in [3.63, 3.8) is 0 Å². The smallest absolute Gasteiger partial charge is 0.180 e. The van der Waals surface area contributed by atoms with Crippen LogP contribution in [-0.4, -0.2) is 8.07 Å². The van der Waals surface area contributed by atoms with Crippen LogP contribution in [0.2, 0.25) is 0 Å². The van der Waals surface area contributed by atoms with Crippen LogP contribution in [-0.2, 0) is 0 Å². The van der Waals surface area contributed by atoms with Crippen LogP contribution in [0.4, 0.5) is 34.1 Å². The molecular formula is C66H46N2OSi. The van der Waals surface area contributed by atoms with Gasteiger partial charge in [0.25, 0.3) is 0 Å². The van der Waals surface area contributed by atoms with Crippen LogP contribution in [0.1, 0.15) is 0 Å². The molecule has 2 heterocycles. The van der Waals surface area contributed by atoms with Gasteiger partial charge in [0.05, 0.1) is 0 Å². The summed E-state index contributed by atoms with van der Waals surface area (Å²) < 4.78 is 6.33. The number of rotatable bonds is 10. The van der Waals surface area contributed by atoms with E-state index in [1.54, 1.807) is 0 Å². The normalized spacial score (nSPS) is 12.4. The Balaban J connectivity index is 1.05. The number of anilines is 6. The quantitative estimate of drug-likeness (QED) is 0.128. The molecule has 0 bridgehead atoms. The summed E-state index contributed by atoms with van der Waals surface area (Å²) in [7, 11) is -2.90. The third-order valence-corrected chi connectivity index (χ3v) is 18.9. The van der Waals surface area contributed by atoms with Gasteiger partial charge in [0, 0.05) is 44.9 Å². The van der Waals surface area contributed by atoms with Crippen LogP contribution in [0.15, 0.2) is 283 Å². The fourth-order valence-electron chi connectivity index (χ4n) is 11.0. The molecule has 0 saturated heterocycles. The van der Waals surface area contributed by atoms with E-state index in [4.69, 9.17) is 4.42 Å². The molecule has 12 aromatic rings. The van der Waals surface area contributed by atoms with E-state index in [0.29, 0.717) is 0 Å². The largest absolute Gasteiger partial charge is 0.456 e. The van der Waals surface area contributed by atoms with Crippen LogP contribution in [0, 0.1) is 0 Å². The highest BCUT2D eigenvalue weighted by Crippen LogP contribution is 2.43. The molecule has 1 aromatic heterocycles. The molecule has 0 radical (unpaired) electrons. The molecule has 3 nitrogen and oxygen atoms in total. The molecule has 0 spiro atoms. The first-order valence-electron chi connectivity index (χ1n) is 24.0. The first-order chi connectivity index (χ1) is 34.7. The molecule has 70 heavy (non-hydrogen) atoms. The third kappa shape index (κ3) is 6.96. The van der Waals surface area contributed by atoms with Gasteiger partial charge >= 0.3 is 0 Å². The Labute approximate surface area is 409 Å². The van der Waals surface area contributed by atoms with E-state index in [2.05, 4.69) is 277 Å². The lowest BCUT2D eigenvalue weighted by molar-refractivity contribution is 0.669. The molecule has 1 aliphatic heterocycles. The van der Waals surface area contributed by atoms with Crippen molar-refractivity contribution in [3.8, 4) is 33.4 Å². The minimum Gasteiger partial charge on any atom is -0.456 e. The van der Waals surface area contributed by atoms with Crippen LogP contribution in [0.25, 0.3) is 55.3 Å². The maximum Gasteiger partial charge on any atom is 0.180 e. The minimum atomic E-state index is -2.90. The zero-order valence-electron chi connectivity index (χ0n) is 38.4. The van der Waals surface area contributed by atoms with E-state index < -0.39 is 8.07 Å². The minimum absolute atomic E-state index is 0.875. The first-order valence-corrected chi connectivity index (χ1v) is 26.0. The molecule has 0 fully saturated rings. The second-order valence-electron chi connectivity index (χ2n) is 18.1. The maximum absolute atomic E-state index is 6.33. The van der Waals surface area contributed by atoms with Crippen molar-refractivity contribution in [2.75, 3.05) is 9.80 Å². The lowest BCUT2D eigenvalue weighted by atomic mass is 9.95. The fraction of sp³-hybridized carbons (Fsp3) is 0. The molecule has 0 amide bonds. The van der Waals surface area contributed by atoms with Crippen molar-refractivity contribution in [1.29, 1.82) is 0 Å². The molecule has 1 aliphatic rings. The van der Waals surface area contributed by atoms with Gasteiger partial charge in [0.1, 0.15) is 11.2 Å². The van der Waals surface area contributed by atoms with Crippen LogP contribution in [0.3, 0.4) is 0 Å². The Kier molecular flexibility index (Phi) is 10.2. The van der Waals surface area contributed by atoms with Crippen LogP contribution < -0.4 is 30.5 Å². The summed E-state index contributed by atoms with van der Waals surface area (Å²) in [4.78, 5) is 4.77. The van der Waals surface area contributed by atoms with Gasteiger partial charge < -0.3 is 14.2 Å². The number of benzene rings is 11. The Morgan fingerprint density at radius 3 is 1.36 bits per heavy atom. The maximum atomic E-state index is 6.33. The van der Waals surface area contributed by atoms with E-state index >= 15 is 0 Å². The van der Waals surface area contributed by atoms with Crippen molar-refractivity contribution in [2.24, 2.45) is 0 Å². The highest BCUT2D eigenvalue weighted by atomic mass is 28.3. The number of hydrogen-bond acceptors (Lipinski definition) is 3. The predicted molar refractivity (Wildman–Crippen MR) is 297 cm³/mol. The van der Waals surface area contributed by atoms with Gasteiger partial charge in [-0.25, -0.2) is 0 Å². The zero-order chi connectivity index (χ0) is 46.4. The summed E-state index contributed by atoms with van der Waals surface area (Å²) in [5.74, 6) is 0. The van der Waals surface area contributed by atoms with Crippen LogP contribution >= 0.6 is 0 Å². The second-order valence-corrected chi connectivity index (χ2v) is 21.8. The van der Waals surface area contributed by atoms with Gasteiger partial charge in [-0.2, -0.15) is 0 Å². The Bertz CT molecular complexity index is 3740. The van der Waals surface area contributed by atoms with E-state index in [0.717, 1.165) is 72.8 Å². The highest BCUT2D eigenvalue weighted by molar-refractivity contribution is 7.22. The average molecular weight is 911 g/mol. The van der Waals surface area contributed by atoms with Crippen molar-refractivity contribution >= 4 is 84.9 Å². The molecule has 11 aromatic carbocycles. The van der Waals surface area contributed by atoms with Gasteiger partial charge in [-0.3, -0.25) is 0 Å². The summed E-state index contributed by atoms with van der Waals surface area (Å²) in [6.45, 7) is 0. The Hall–Kier alpha value is -8.96. The number of hydrogen-bond donors (Lipinski definition) is 0. The molecule has 0 atom stereocenters. The topological polar surface area (TPSA) is 19.6 Å². The fourth-order valence-corrected chi connectivity index (χ4v) is 16.2. The van der Waals surface area contributed by atoms with Crippen molar-refractivity contribution in [2.45, 2.75) is 0 Å². The molecule has 0 saturated carbocycles. The van der Waals surface area contributed by atoms with Crippen molar-refractivity contribution in [1.82, 2.24) is 0 Å². The van der Waals surface area contributed by atoms with E-state index in [-0.39, 0.29) is 0 Å². The summed E-state index contributed by atoms with van der Waals surface area (Å²) in [5, 5.41) is 7.72. The molecule has 0 aliphatic carbocycles. The lowest BCUT2D eigenvalue weighted by Crippen LogP contribution is -2.72. The molecule has 330 valence electrons. The molecule has 4 heteroatoms. The van der Waals surface area contributed by atoms with E-state index in [1.165, 1.54) is 37.4 Å². The third-order valence-electron chi connectivity index (χ3n) is 14.1. The zero-order valence-corrected chi connectivity index (χ0v) is 39.4. The van der Waals surface area contributed by atoms with Gasteiger partial charge in [-0.15, -0.1) is 0 Å². The van der Waals surface area contributed by atoms with Gasteiger partial charge in [-0.1, -0.05) is 188 Å². The van der Waals surface area contributed by atoms with Crippen molar-refractivity contribution < 1.29 is 4.42 Å². The van der Waals surface area contributed by atoms with Gasteiger partial charge in [0.15, 0.2) is 8.07 Å². The summed E-state index contributed by atoms with van der Waals surface area (Å²) in [5.41, 5.74) is 15.5. The monoisotopic (exact) mass is 910 g/mol. The molecular weight excluding hydrogens is 865 g/mol.